The van der Waals surface area contributed by atoms with Crippen molar-refractivity contribution in [2.45, 2.75) is 24.7 Å². The molecule has 0 aromatic heterocycles. The minimum atomic E-state index is -4.36. The Hall–Kier alpha value is -0.880. The average molecular weight is 207 g/mol. The van der Waals surface area contributed by atoms with Crippen molar-refractivity contribution in [2.24, 2.45) is 22.4 Å². The molecule has 3 nitrogen and oxygen atoms in total. The summed E-state index contributed by atoms with van der Waals surface area (Å²) in [6, 6.07) is -0.913. The van der Waals surface area contributed by atoms with E-state index in [1.54, 1.807) is 0 Å². The van der Waals surface area contributed by atoms with Crippen molar-refractivity contribution in [3.8, 4) is 0 Å². The second kappa shape index (κ2) is 3.36. The maximum absolute atomic E-state index is 12.4. The molecule has 14 heavy (non-hydrogen) atoms. The molecule has 1 heterocycles. The second-order valence-corrected chi connectivity index (χ2v) is 3.40. The highest BCUT2D eigenvalue weighted by molar-refractivity contribution is 5.69. The summed E-state index contributed by atoms with van der Waals surface area (Å²) >= 11 is 0. The van der Waals surface area contributed by atoms with Crippen molar-refractivity contribution in [1.29, 1.82) is 0 Å². The molecule has 3 atom stereocenters. The third kappa shape index (κ3) is 1.80. The summed E-state index contributed by atoms with van der Waals surface area (Å²) in [5.41, 5.74) is 9.50. The first-order valence-corrected chi connectivity index (χ1v) is 4.10. The van der Waals surface area contributed by atoms with Crippen LogP contribution in [0.15, 0.2) is 17.3 Å². The molecule has 0 aliphatic carbocycles. The van der Waals surface area contributed by atoms with E-state index in [9.17, 15) is 13.2 Å². The minimum Gasteiger partial charge on any atom is -0.321 e. The molecule has 1 rings (SSSR count). The van der Waals surface area contributed by atoms with E-state index in [0.29, 0.717) is 0 Å². The molecule has 6 heteroatoms. The molecule has 0 radical (unpaired) electrons. The zero-order valence-electron chi connectivity index (χ0n) is 7.62. The summed E-state index contributed by atoms with van der Waals surface area (Å²) in [5, 5.41) is 0. The predicted octanol–water partition coefficient (Wildman–Crippen LogP) is 0.808. The quantitative estimate of drug-likeness (QED) is 0.668. The number of alkyl halides is 3. The first kappa shape index (κ1) is 11.2. The average Bonchev–Trinajstić information content (AvgIpc) is 2.07. The molecular formula is C8H12F3N3. The van der Waals surface area contributed by atoms with Crippen LogP contribution in [0.5, 0.6) is 0 Å². The standard InChI is InChI=1S/C8H12F3N3/c1-5(8(9,10)11)7(13)2-3-14-4-6(7)12/h2-6H,12-13H2,1H3/t5-,6?,7?/m1/s1. The number of rotatable bonds is 1. The Balaban J connectivity index is 2.95. The molecule has 0 fully saturated rings. The van der Waals surface area contributed by atoms with E-state index in [4.69, 9.17) is 11.5 Å². The van der Waals surface area contributed by atoms with Crippen LogP contribution in [0.2, 0.25) is 0 Å². The zero-order chi connectivity index (χ0) is 11.0. The number of hydrogen-bond donors (Lipinski definition) is 2. The maximum atomic E-state index is 12.4. The highest BCUT2D eigenvalue weighted by atomic mass is 19.4. The number of aliphatic imine (C=N–C) groups is 1. The lowest BCUT2D eigenvalue weighted by Gasteiger charge is -2.38. The topological polar surface area (TPSA) is 64.4 Å². The fourth-order valence-electron chi connectivity index (χ4n) is 1.27. The van der Waals surface area contributed by atoms with Crippen molar-refractivity contribution in [1.82, 2.24) is 0 Å². The van der Waals surface area contributed by atoms with Crippen molar-refractivity contribution >= 4 is 6.21 Å². The Bertz CT molecular complexity index is 271. The van der Waals surface area contributed by atoms with Gasteiger partial charge in [-0.1, -0.05) is 6.92 Å². The minimum absolute atomic E-state index is 0.913. The molecule has 0 amide bonds. The van der Waals surface area contributed by atoms with Crippen molar-refractivity contribution in [2.75, 3.05) is 0 Å². The highest BCUT2D eigenvalue weighted by Gasteiger charge is 2.50. The van der Waals surface area contributed by atoms with Gasteiger partial charge >= 0.3 is 6.18 Å². The first-order valence-electron chi connectivity index (χ1n) is 4.10. The van der Waals surface area contributed by atoms with Crippen LogP contribution in [0.4, 0.5) is 13.2 Å². The summed E-state index contributed by atoms with van der Waals surface area (Å²) in [6.45, 7) is 1.02. The fourth-order valence-corrected chi connectivity index (χ4v) is 1.27. The summed E-state index contributed by atoms with van der Waals surface area (Å²) in [5.74, 6) is -1.70. The van der Waals surface area contributed by atoms with Crippen LogP contribution in [-0.2, 0) is 0 Å². The first-order chi connectivity index (χ1) is 6.28. The van der Waals surface area contributed by atoms with Gasteiger partial charge in [-0.25, -0.2) is 0 Å². The SMILES string of the molecule is C[C@@H](C(F)(F)F)C1(N)C=CN=CC1N. The van der Waals surface area contributed by atoms with E-state index in [-0.39, 0.29) is 0 Å². The van der Waals surface area contributed by atoms with E-state index in [1.807, 2.05) is 0 Å². The van der Waals surface area contributed by atoms with Gasteiger partial charge in [0.1, 0.15) is 0 Å². The summed E-state index contributed by atoms with van der Waals surface area (Å²) in [4.78, 5) is 3.64. The molecule has 1 aliphatic heterocycles. The lowest BCUT2D eigenvalue weighted by molar-refractivity contribution is -0.182. The van der Waals surface area contributed by atoms with Gasteiger partial charge in [0.25, 0.3) is 0 Å². The number of nitrogens with zero attached hydrogens (tertiary/aromatic N) is 1. The fraction of sp³-hybridized carbons (Fsp3) is 0.625. The molecule has 0 bridgehead atoms. The van der Waals surface area contributed by atoms with Crippen molar-refractivity contribution in [3.63, 3.8) is 0 Å². The predicted molar refractivity (Wildman–Crippen MR) is 47.7 cm³/mol. The monoisotopic (exact) mass is 207 g/mol. The Morgan fingerprint density at radius 3 is 2.50 bits per heavy atom. The van der Waals surface area contributed by atoms with Gasteiger partial charge in [-0.05, 0) is 6.08 Å². The lowest BCUT2D eigenvalue weighted by Crippen LogP contribution is -2.62. The van der Waals surface area contributed by atoms with Crippen LogP contribution in [0.1, 0.15) is 6.92 Å². The van der Waals surface area contributed by atoms with E-state index in [0.717, 1.165) is 6.92 Å². The van der Waals surface area contributed by atoms with Crippen molar-refractivity contribution in [3.05, 3.63) is 12.3 Å². The maximum Gasteiger partial charge on any atom is 0.393 e. The van der Waals surface area contributed by atoms with Crippen LogP contribution in [0, 0.1) is 5.92 Å². The van der Waals surface area contributed by atoms with E-state index in [1.165, 1.54) is 18.5 Å². The molecule has 0 aromatic carbocycles. The van der Waals surface area contributed by atoms with Gasteiger partial charge in [0, 0.05) is 12.4 Å². The lowest BCUT2D eigenvalue weighted by atomic mass is 9.79. The molecule has 4 N–H and O–H groups in total. The number of nitrogens with two attached hydrogens (primary N) is 2. The van der Waals surface area contributed by atoms with E-state index in [2.05, 4.69) is 4.99 Å². The van der Waals surface area contributed by atoms with Crippen LogP contribution >= 0.6 is 0 Å². The third-order valence-corrected chi connectivity index (χ3v) is 2.51. The molecular weight excluding hydrogens is 195 g/mol. The normalized spacial score (nSPS) is 34.6. The van der Waals surface area contributed by atoms with Crippen LogP contribution in [0.3, 0.4) is 0 Å². The Morgan fingerprint density at radius 1 is 1.50 bits per heavy atom. The van der Waals surface area contributed by atoms with Gasteiger partial charge in [0.2, 0.25) is 0 Å². The molecule has 0 saturated heterocycles. The molecule has 0 aromatic rings. The number of hydrogen-bond acceptors (Lipinski definition) is 3. The molecule has 0 spiro atoms. The second-order valence-electron chi connectivity index (χ2n) is 3.40. The van der Waals surface area contributed by atoms with Gasteiger partial charge in [-0.15, -0.1) is 0 Å². The van der Waals surface area contributed by atoms with Gasteiger partial charge in [0.15, 0.2) is 0 Å². The molecule has 0 saturated carbocycles. The summed E-state index contributed by atoms with van der Waals surface area (Å²) in [6.07, 6.45) is -0.689. The van der Waals surface area contributed by atoms with Gasteiger partial charge < -0.3 is 11.5 Å². The van der Waals surface area contributed by atoms with Crippen LogP contribution < -0.4 is 11.5 Å². The molecule has 2 unspecified atom stereocenters. The summed E-state index contributed by atoms with van der Waals surface area (Å²) in [7, 11) is 0. The Kier molecular flexibility index (Phi) is 2.69. The highest BCUT2D eigenvalue weighted by Crippen LogP contribution is 2.35. The van der Waals surface area contributed by atoms with Gasteiger partial charge in [-0.3, -0.25) is 4.99 Å². The van der Waals surface area contributed by atoms with E-state index < -0.39 is 23.7 Å². The summed E-state index contributed by atoms with van der Waals surface area (Å²) < 4.78 is 37.3. The Morgan fingerprint density at radius 2 is 2.07 bits per heavy atom. The van der Waals surface area contributed by atoms with Crippen molar-refractivity contribution < 1.29 is 13.2 Å². The Labute approximate surface area is 79.7 Å². The zero-order valence-corrected chi connectivity index (χ0v) is 7.62. The third-order valence-electron chi connectivity index (χ3n) is 2.51. The molecule has 80 valence electrons. The van der Waals surface area contributed by atoms with Crippen LogP contribution in [-0.4, -0.2) is 24.0 Å². The van der Waals surface area contributed by atoms with Gasteiger partial charge in [0.05, 0.1) is 17.5 Å². The smallest absolute Gasteiger partial charge is 0.321 e. The molecule has 1 aliphatic rings. The van der Waals surface area contributed by atoms with E-state index >= 15 is 0 Å². The van der Waals surface area contributed by atoms with Crippen LogP contribution in [0.25, 0.3) is 0 Å². The van der Waals surface area contributed by atoms with Gasteiger partial charge in [-0.2, -0.15) is 13.2 Å². The number of halogens is 3. The largest absolute Gasteiger partial charge is 0.393 e.